The summed E-state index contributed by atoms with van der Waals surface area (Å²) in [5.74, 6) is -1.22. The second-order valence-electron chi connectivity index (χ2n) is 5.46. The topological polar surface area (TPSA) is 75.6 Å². The van der Waals surface area contributed by atoms with Crippen LogP contribution in [0.15, 0.2) is 0 Å². The maximum absolute atomic E-state index is 11.8. The molecule has 5 nitrogen and oxygen atoms in total. The lowest BCUT2D eigenvalue weighted by atomic mass is 10.0. The average molecular weight is 271 g/mol. The average Bonchev–Trinajstić information content (AvgIpc) is 2.82. The van der Waals surface area contributed by atoms with Gasteiger partial charge in [-0.15, -0.1) is 0 Å². The summed E-state index contributed by atoms with van der Waals surface area (Å²) in [7, 11) is 0. The number of unbranched alkanes of at least 4 members (excludes halogenated alkanes) is 1. The number of carbonyl (C=O) groups is 2. The van der Waals surface area contributed by atoms with Crippen LogP contribution in [0, 0.1) is 11.8 Å². The molecule has 1 aliphatic carbocycles. The Labute approximate surface area is 114 Å². The third kappa shape index (κ3) is 6.05. The SMILES string of the molecule is CC(C)OCCCCNC(=O)C1CCC(C(=O)O)C1. The fraction of sp³-hybridized carbons (Fsp3) is 0.857. The smallest absolute Gasteiger partial charge is 0.306 e. The van der Waals surface area contributed by atoms with E-state index in [1.807, 2.05) is 13.8 Å². The molecule has 0 spiro atoms. The van der Waals surface area contributed by atoms with Crippen molar-refractivity contribution in [1.29, 1.82) is 0 Å². The van der Waals surface area contributed by atoms with E-state index in [0.717, 1.165) is 19.4 Å². The summed E-state index contributed by atoms with van der Waals surface area (Å²) >= 11 is 0. The van der Waals surface area contributed by atoms with Crippen LogP contribution in [0.4, 0.5) is 0 Å². The molecule has 1 amide bonds. The van der Waals surface area contributed by atoms with Gasteiger partial charge in [0, 0.05) is 19.1 Å². The highest BCUT2D eigenvalue weighted by Gasteiger charge is 2.33. The molecule has 0 radical (unpaired) electrons. The first kappa shape index (κ1) is 16.0. The lowest BCUT2D eigenvalue weighted by Gasteiger charge is -2.11. The Bertz CT molecular complexity index is 304. The van der Waals surface area contributed by atoms with Gasteiger partial charge >= 0.3 is 5.97 Å². The zero-order valence-electron chi connectivity index (χ0n) is 11.9. The molecule has 2 N–H and O–H groups in total. The van der Waals surface area contributed by atoms with Gasteiger partial charge in [0.25, 0.3) is 0 Å². The standard InChI is InChI=1S/C14H25NO4/c1-10(2)19-8-4-3-7-15-13(16)11-5-6-12(9-11)14(17)18/h10-12H,3-9H2,1-2H3,(H,15,16)(H,17,18). The van der Waals surface area contributed by atoms with E-state index < -0.39 is 5.97 Å². The number of nitrogens with one attached hydrogen (secondary N) is 1. The number of rotatable bonds is 8. The summed E-state index contributed by atoms with van der Waals surface area (Å²) in [6.07, 6.45) is 3.88. The van der Waals surface area contributed by atoms with Gasteiger partial charge in [0.15, 0.2) is 0 Å². The summed E-state index contributed by atoms with van der Waals surface area (Å²) in [5, 5.41) is 11.8. The monoisotopic (exact) mass is 271 g/mol. The van der Waals surface area contributed by atoms with Crippen LogP contribution < -0.4 is 5.32 Å². The molecular weight excluding hydrogens is 246 g/mol. The molecule has 0 aliphatic heterocycles. The number of aliphatic carboxylic acids is 1. The van der Waals surface area contributed by atoms with Gasteiger partial charge in [-0.1, -0.05) is 0 Å². The van der Waals surface area contributed by atoms with Gasteiger partial charge < -0.3 is 15.2 Å². The van der Waals surface area contributed by atoms with Crippen molar-refractivity contribution in [1.82, 2.24) is 5.32 Å². The Balaban J connectivity index is 2.07. The number of carbonyl (C=O) groups excluding carboxylic acids is 1. The van der Waals surface area contributed by atoms with Gasteiger partial charge in [0.1, 0.15) is 0 Å². The highest BCUT2D eigenvalue weighted by Crippen LogP contribution is 2.30. The fourth-order valence-electron chi connectivity index (χ4n) is 2.35. The predicted molar refractivity (Wildman–Crippen MR) is 71.8 cm³/mol. The van der Waals surface area contributed by atoms with Crippen LogP contribution in [0.25, 0.3) is 0 Å². The van der Waals surface area contributed by atoms with Crippen LogP contribution in [-0.2, 0) is 14.3 Å². The molecule has 110 valence electrons. The summed E-state index contributed by atoms with van der Waals surface area (Å²) < 4.78 is 5.41. The molecule has 5 heteroatoms. The quantitative estimate of drug-likeness (QED) is 0.660. The lowest BCUT2D eigenvalue weighted by molar-refractivity contribution is -0.141. The minimum Gasteiger partial charge on any atom is -0.481 e. The number of amides is 1. The minimum atomic E-state index is -0.777. The first-order valence-electron chi connectivity index (χ1n) is 7.12. The molecule has 0 aromatic heterocycles. The van der Waals surface area contributed by atoms with Crippen molar-refractivity contribution < 1.29 is 19.4 Å². The van der Waals surface area contributed by atoms with E-state index in [2.05, 4.69) is 5.32 Å². The van der Waals surface area contributed by atoms with E-state index in [-0.39, 0.29) is 23.8 Å². The van der Waals surface area contributed by atoms with Crippen molar-refractivity contribution in [2.75, 3.05) is 13.2 Å². The molecule has 0 aromatic carbocycles. The van der Waals surface area contributed by atoms with Crippen molar-refractivity contribution >= 4 is 11.9 Å². The Hall–Kier alpha value is -1.10. The van der Waals surface area contributed by atoms with Gasteiger partial charge in [0.05, 0.1) is 12.0 Å². The maximum Gasteiger partial charge on any atom is 0.306 e. The molecule has 0 saturated heterocycles. The third-order valence-corrected chi connectivity index (χ3v) is 3.47. The van der Waals surface area contributed by atoms with Crippen molar-refractivity contribution in [3.8, 4) is 0 Å². The fourth-order valence-corrected chi connectivity index (χ4v) is 2.35. The summed E-state index contributed by atoms with van der Waals surface area (Å²) in [6, 6.07) is 0. The Kier molecular flexibility index (Phi) is 6.84. The van der Waals surface area contributed by atoms with Crippen LogP contribution in [0.2, 0.25) is 0 Å². The van der Waals surface area contributed by atoms with Crippen LogP contribution in [0.5, 0.6) is 0 Å². The number of carboxylic acid groups (broad SMARTS) is 1. The van der Waals surface area contributed by atoms with Crippen molar-refractivity contribution in [3.63, 3.8) is 0 Å². The van der Waals surface area contributed by atoms with E-state index in [0.29, 0.717) is 25.8 Å². The molecule has 0 heterocycles. The van der Waals surface area contributed by atoms with Gasteiger partial charge in [-0.2, -0.15) is 0 Å². The molecule has 2 unspecified atom stereocenters. The van der Waals surface area contributed by atoms with Crippen LogP contribution in [0.1, 0.15) is 46.0 Å². The van der Waals surface area contributed by atoms with Crippen molar-refractivity contribution in [2.45, 2.75) is 52.1 Å². The van der Waals surface area contributed by atoms with E-state index in [4.69, 9.17) is 9.84 Å². The van der Waals surface area contributed by atoms with Crippen LogP contribution in [-0.4, -0.2) is 36.2 Å². The molecule has 0 aromatic rings. The summed E-state index contributed by atoms with van der Waals surface area (Å²) in [5.41, 5.74) is 0. The molecule has 1 fully saturated rings. The van der Waals surface area contributed by atoms with Gasteiger partial charge in [-0.25, -0.2) is 0 Å². The molecular formula is C14H25NO4. The van der Waals surface area contributed by atoms with Gasteiger partial charge in [-0.3, -0.25) is 9.59 Å². The van der Waals surface area contributed by atoms with E-state index in [1.54, 1.807) is 0 Å². The number of hydrogen-bond donors (Lipinski definition) is 2. The highest BCUT2D eigenvalue weighted by molar-refractivity contribution is 5.80. The molecule has 0 bridgehead atoms. The second-order valence-corrected chi connectivity index (χ2v) is 5.46. The van der Waals surface area contributed by atoms with E-state index >= 15 is 0 Å². The van der Waals surface area contributed by atoms with E-state index in [9.17, 15) is 9.59 Å². The first-order chi connectivity index (χ1) is 9.00. The van der Waals surface area contributed by atoms with Crippen LogP contribution >= 0.6 is 0 Å². The lowest BCUT2D eigenvalue weighted by Crippen LogP contribution is -2.30. The molecule has 19 heavy (non-hydrogen) atoms. The largest absolute Gasteiger partial charge is 0.481 e. The second kappa shape index (κ2) is 8.15. The Morgan fingerprint density at radius 1 is 1.26 bits per heavy atom. The predicted octanol–water partition coefficient (Wildman–Crippen LogP) is 1.81. The third-order valence-electron chi connectivity index (χ3n) is 3.47. The van der Waals surface area contributed by atoms with Gasteiger partial charge in [0.2, 0.25) is 5.91 Å². The minimum absolute atomic E-state index is 0.00790. The Morgan fingerprint density at radius 3 is 2.53 bits per heavy atom. The molecule has 2 atom stereocenters. The van der Waals surface area contributed by atoms with Gasteiger partial charge in [-0.05, 0) is 46.0 Å². The zero-order valence-corrected chi connectivity index (χ0v) is 11.9. The van der Waals surface area contributed by atoms with Crippen LogP contribution in [0.3, 0.4) is 0 Å². The summed E-state index contributed by atoms with van der Waals surface area (Å²) in [6.45, 7) is 5.37. The van der Waals surface area contributed by atoms with Crippen molar-refractivity contribution in [2.24, 2.45) is 11.8 Å². The maximum atomic E-state index is 11.8. The molecule has 1 saturated carbocycles. The Morgan fingerprint density at radius 2 is 1.95 bits per heavy atom. The molecule has 1 rings (SSSR count). The number of ether oxygens (including phenoxy) is 1. The highest BCUT2D eigenvalue weighted by atomic mass is 16.5. The molecule has 1 aliphatic rings. The number of hydrogen-bond acceptors (Lipinski definition) is 3. The zero-order chi connectivity index (χ0) is 14.3. The normalized spacial score (nSPS) is 22.7. The first-order valence-corrected chi connectivity index (χ1v) is 7.12. The number of carboxylic acids is 1. The van der Waals surface area contributed by atoms with Crippen molar-refractivity contribution in [3.05, 3.63) is 0 Å². The van der Waals surface area contributed by atoms with E-state index in [1.165, 1.54) is 0 Å². The summed E-state index contributed by atoms with van der Waals surface area (Å²) in [4.78, 5) is 22.6.